The minimum absolute atomic E-state index is 0.0451. The van der Waals surface area contributed by atoms with Gasteiger partial charge in [0.05, 0.1) is 17.8 Å². The molecular formula is C26H26F2N4O2. The Labute approximate surface area is 196 Å². The van der Waals surface area contributed by atoms with E-state index in [1.165, 1.54) is 6.07 Å². The van der Waals surface area contributed by atoms with Gasteiger partial charge in [-0.05, 0) is 43.0 Å². The van der Waals surface area contributed by atoms with Crippen molar-refractivity contribution in [3.8, 4) is 11.1 Å². The Bertz CT molecular complexity index is 1250. The molecule has 1 aliphatic carbocycles. The molecule has 2 saturated heterocycles. The standard InChI is InChI=1S/C26H26F2N4O2/c27-21-10-19(18-4-3-17-2-1-8-29-22(17)11-18)12-30-23(21)13-31-9-7-26(24(28)14-31)16-32(20-5-6-20)25(33)15-34-26/h1-4,8,10-12,20,24H,5-7,9,13-16H2/t24-,26+/m1/s1. The van der Waals surface area contributed by atoms with E-state index in [9.17, 15) is 9.18 Å². The third kappa shape index (κ3) is 3.95. The number of hydrogen-bond donors (Lipinski definition) is 0. The fraction of sp³-hybridized carbons (Fsp3) is 0.423. The summed E-state index contributed by atoms with van der Waals surface area (Å²) in [6.45, 7) is 1.18. The van der Waals surface area contributed by atoms with Gasteiger partial charge in [-0.25, -0.2) is 8.78 Å². The van der Waals surface area contributed by atoms with Crippen LogP contribution in [0.5, 0.6) is 0 Å². The Hall–Kier alpha value is -2.97. The molecule has 2 aliphatic heterocycles. The van der Waals surface area contributed by atoms with E-state index in [0.29, 0.717) is 30.8 Å². The molecule has 34 heavy (non-hydrogen) atoms. The zero-order chi connectivity index (χ0) is 23.3. The molecule has 176 valence electrons. The Morgan fingerprint density at radius 2 is 2.03 bits per heavy atom. The van der Waals surface area contributed by atoms with Crippen molar-refractivity contribution in [3.05, 3.63) is 60.3 Å². The highest BCUT2D eigenvalue weighted by atomic mass is 19.1. The number of fused-ring (bicyclic) bond motifs is 1. The number of ether oxygens (including phenoxy) is 1. The molecule has 1 aromatic carbocycles. The Morgan fingerprint density at radius 1 is 1.15 bits per heavy atom. The van der Waals surface area contributed by atoms with Crippen LogP contribution in [0.25, 0.3) is 22.0 Å². The first-order chi connectivity index (χ1) is 16.5. The first-order valence-electron chi connectivity index (χ1n) is 11.8. The van der Waals surface area contributed by atoms with Crippen molar-refractivity contribution in [3.63, 3.8) is 0 Å². The highest BCUT2D eigenvalue weighted by molar-refractivity contribution is 5.84. The van der Waals surface area contributed by atoms with Crippen molar-refractivity contribution in [2.24, 2.45) is 0 Å². The van der Waals surface area contributed by atoms with E-state index in [4.69, 9.17) is 4.74 Å². The fourth-order valence-electron chi connectivity index (χ4n) is 5.10. The van der Waals surface area contributed by atoms with Gasteiger partial charge in [-0.1, -0.05) is 18.2 Å². The molecule has 1 saturated carbocycles. The van der Waals surface area contributed by atoms with Crippen LogP contribution < -0.4 is 0 Å². The lowest BCUT2D eigenvalue weighted by Gasteiger charge is -2.48. The maximum absolute atomic E-state index is 15.4. The maximum Gasteiger partial charge on any atom is 0.248 e. The van der Waals surface area contributed by atoms with E-state index in [-0.39, 0.29) is 31.6 Å². The van der Waals surface area contributed by atoms with Gasteiger partial charge in [0.1, 0.15) is 24.2 Å². The van der Waals surface area contributed by atoms with Crippen molar-refractivity contribution < 1.29 is 18.3 Å². The van der Waals surface area contributed by atoms with Crippen LogP contribution in [0, 0.1) is 5.82 Å². The quantitative estimate of drug-likeness (QED) is 0.589. The van der Waals surface area contributed by atoms with Gasteiger partial charge in [-0.2, -0.15) is 0 Å². The average molecular weight is 465 g/mol. The zero-order valence-electron chi connectivity index (χ0n) is 18.8. The van der Waals surface area contributed by atoms with E-state index in [1.54, 1.807) is 17.3 Å². The van der Waals surface area contributed by atoms with Gasteiger partial charge in [0.15, 0.2) is 0 Å². The van der Waals surface area contributed by atoms with E-state index >= 15 is 4.39 Å². The van der Waals surface area contributed by atoms with Crippen molar-refractivity contribution in [1.29, 1.82) is 0 Å². The van der Waals surface area contributed by atoms with E-state index in [2.05, 4.69) is 9.97 Å². The fourth-order valence-corrected chi connectivity index (χ4v) is 5.10. The molecule has 3 fully saturated rings. The average Bonchev–Trinajstić information content (AvgIpc) is 3.69. The maximum atomic E-state index is 15.4. The molecule has 6 rings (SSSR count). The summed E-state index contributed by atoms with van der Waals surface area (Å²) in [4.78, 5) is 24.6. The second-order valence-corrected chi connectivity index (χ2v) is 9.62. The summed E-state index contributed by atoms with van der Waals surface area (Å²) in [5.74, 6) is -0.454. The van der Waals surface area contributed by atoms with Crippen LogP contribution in [0.2, 0.25) is 0 Å². The molecule has 2 aromatic heterocycles. The van der Waals surface area contributed by atoms with Crippen LogP contribution in [0.4, 0.5) is 8.78 Å². The van der Waals surface area contributed by atoms with E-state index < -0.39 is 17.6 Å². The summed E-state index contributed by atoms with van der Waals surface area (Å²) >= 11 is 0. The Balaban J connectivity index is 1.14. The van der Waals surface area contributed by atoms with E-state index in [0.717, 1.165) is 29.3 Å². The van der Waals surface area contributed by atoms with Gasteiger partial charge in [0.25, 0.3) is 0 Å². The Morgan fingerprint density at radius 3 is 2.82 bits per heavy atom. The summed E-state index contributed by atoms with van der Waals surface area (Å²) in [7, 11) is 0. The number of aromatic nitrogens is 2. The second-order valence-electron chi connectivity index (χ2n) is 9.62. The van der Waals surface area contributed by atoms with Crippen LogP contribution in [0.3, 0.4) is 0 Å². The minimum Gasteiger partial charge on any atom is -0.360 e. The van der Waals surface area contributed by atoms with Crippen LogP contribution in [-0.4, -0.2) is 69.7 Å². The number of morpholine rings is 1. The predicted molar refractivity (Wildman–Crippen MR) is 123 cm³/mol. The number of amides is 1. The number of rotatable bonds is 4. The minimum atomic E-state index is -1.25. The first-order valence-corrected chi connectivity index (χ1v) is 11.8. The SMILES string of the molecule is O=C1CO[C@@]2(CCN(Cc3ncc(-c4ccc5cccnc5c4)cc3F)C[C@H]2F)CN1C1CC1. The number of likely N-dealkylation sites (tertiary alicyclic amines) is 1. The molecule has 3 aliphatic rings. The molecule has 2 atom stereocenters. The number of alkyl halides is 1. The molecule has 3 aromatic rings. The topological polar surface area (TPSA) is 58.6 Å². The van der Waals surface area contributed by atoms with Crippen LogP contribution in [0.1, 0.15) is 25.0 Å². The molecule has 8 heteroatoms. The number of halogens is 2. The molecule has 1 amide bonds. The summed E-state index contributed by atoms with van der Waals surface area (Å²) in [6.07, 6.45) is 4.58. The number of benzene rings is 1. The van der Waals surface area contributed by atoms with Gasteiger partial charge in [-0.15, -0.1) is 0 Å². The number of nitrogens with zero attached hydrogens (tertiary/aromatic N) is 4. The molecule has 0 unspecified atom stereocenters. The lowest BCUT2D eigenvalue weighted by molar-refractivity contribution is -0.189. The van der Waals surface area contributed by atoms with Gasteiger partial charge in [0, 0.05) is 49.0 Å². The molecule has 0 radical (unpaired) electrons. The molecule has 6 nitrogen and oxygen atoms in total. The molecular weight excluding hydrogens is 438 g/mol. The normalized spacial score (nSPS) is 25.9. The first kappa shape index (κ1) is 21.6. The van der Waals surface area contributed by atoms with Gasteiger partial charge < -0.3 is 9.64 Å². The van der Waals surface area contributed by atoms with Gasteiger partial charge in [-0.3, -0.25) is 19.7 Å². The summed E-state index contributed by atoms with van der Waals surface area (Å²) < 4.78 is 36.1. The largest absolute Gasteiger partial charge is 0.360 e. The van der Waals surface area contributed by atoms with E-state index in [1.807, 2.05) is 35.2 Å². The highest BCUT2D eigenvalue weighted by Crippen LogP contribution is 2.38. The van der Waals surface area contributed by atoms with Crippen molar-refractivity contribution in [2.45, 2.75) is 43.6 Å². The molecule has 1 spiro atoms. The highest BCUT2D eigenvalue weighted by Gasteiger charge is 2.51. The van der Waals surface area contributed by atoms with Gasteiger partial charge >= 0.3 is 0 Å². The summed E-state index contributed by atoms with van der Waals surface area (Å²) in [5.41, 5.74) is 1.71. The lowest BCUT2D eigenvalue weighted by Crippen LogP contribution is -2.64. The number of hydrogen-bond acceptors (Lipinski definition) is 5. The summed E-state index contributed by atoms with van der Waals surface area (Å²) in [5, 5.41) is 1.02. The third-order valence-corrected chi connectivity index (χ3v) is 7.30. The zero-order valence-corrected chi connectivity index (χ0v) is 18.8. The van der Waals surface area contributed by atoms with Crippen molar-refractivity contribution in [1.82, 2.24) is 19.8 Å². The number of carbonyl (C=O) groups excluding carboxylic acids is 1. The smallest absolute Gasteiger partial charge is 0.248 e. The summed E-state index contributed by atoms with van der Waals surface area (Å²) in [6, 6.07) is 11.4. The van der Waals surface area contributed by atoms with Crippen molar-refractivity contribution >= 4 is 16.8 Å². The number of piperidine rings is 1. The van der Waals surface area contributed by atoms with Crippen LogP contribution in [-0.2, 0) is 16.1 Å². The molecule has 0 N–H and O–H groups in total. The molecule has 0 bridgehead atoms. The van der Waals surface area contributed by atoms with Crippen LogP contribution in [0.15, 0.2) is 48.8 Å². The second kappa shape index (κ2) is 8.36. The van der Waals surface area contributed by atoms with Gasteiger partial charge in [0.2, 0.25) is 5.91 Å². The number of carbonyl (C=O) groups is 1. The number of pyridine rings is 2. The van der Waals surface area contributed by atoms with Crippen molar-refractivity contribution in [2.75, 3.05) is 26.2 Å². The predicted octanol–water partition coefficient (Wildman–Crippen LogP) is 3.74. The lowest BCUT2D eigenvalue weighted by atomic mass is 9.87. The molecule has 4 heterocycles. The van der Waals surface area contributed by atoms with Crippen LogP contribution >= 0.6 is 0 Å². The Kier molecular flexibility index (Phi) is 5.30. The monoisotopic (exact) mass is 464 g/mol. The third-order valence-electron chi connectivity index (χ3n) is 7.30.